The second-order valence-electron chi connectivity index (χ2n) is 5.67. The van der Waals surface area contributed by atoms with Crippen molar-refractivity contribution < 1.29 is 4.74 Å². The summed E-state index contributed by atoms with van der Waals surface area (Å²) in [6, 6.07) is 17.6. The number of nitrogens with one attached hydrogen (secondary N) is 1. The highest BCUT2D eigenvalue weighted by Crippen LogP contribution is 2.30. The molecule has 0 aliphatic carbocycles. The summed E-state index contributed by atoms with van der Waals surface area (Å²) in [5.41, 5.74) is 3.88. The van der Waals surface area contributed by atoms with Crippen molar-refractivity contribution in [3.63, 3.8) is 0 Å². The van der Waals surface area contributed by atoms with E-state index < -0.39 is 0 Å². The quantitative estimate of drug-likeness (QED) is 0.807. The van der Waals surface area contributed by atoms with Crippen LogP contribution in [0.15, 0.2) is 48.5 Å². The Morgan fingerprint density at radius 2 is 2.00 bits per heavy atom. The van der Waals surface area contributed by atoms with Crippen molar-refractivity contribution in [2.75, 3.05) is 11.9 Å². The molecule has 1 aliphatic heterocycles. The third-order valence-electron chi connectivity index (χ3n) is 4.08. The Bertz CT molecular complexity index is 579. The largest absolute Gasteiger partial charge is 0.493 e. The Morgan fingerprint density at radius 3 is 2.81 bits per heavy atom. The van der Waals surface area contributed by atoms with Gasteiger partial charge >= 0.3 is 0 Å². The highest BCUT2D eigenvalue weighted by Gasteiger charge is 2.15. The average Bonchev–Trinajstić information content (AvgIpc) is 3.00. The molecule has 0 saturated heterocycles. The molecule has 1 heterocycles. The van der Waals surface area contributed by atoms with Crippen LogP contribution in [-0.4, -0.2) is 6.61 Å². The summed E-state index contributed by atoms with van der Waals surface area (Å²) in [5, 5.41) is 3.70. The van der Waals surface area contributed by atoms with Crippen LogP contribution in [0.1, 0.15) is 43.4 Å². The standard InChI is InChI=1S/C19H23NO/c1-2-3-9-18(15-7-5-4-6-8-15)20-17-10-11-19-16(14-17)12-13-21-19/h4-8,10-11,14,18,20H,2-3,9,12-13H2,1H3. The minimum absolute atomic E-state index is 0.381. The van der Waals surface area contributed by atoms with Crippen LogP contribution in [0.25, 0.3) is 0 Å². The van der Waals surface area contributed by atoms with Crippen molar-refractivity contribution in [1.82, 2.24) is 0 Å². The van der Waals surface area contributed by atoms with Gasteiger partial charge in [-0.15, -0.1) is 0 Å². The summed E-state index contributed by atoms with van der Waals surface area (Å²) in [4.78, 5) is 0. The fourth-order valence-corrected chi connectivity index (χ4v) is 2.89. The molecule has 3 rings (SSSR count). The lowest BCUT2D eigenvalue weighted by atomic mass is 10.0. The maximum atomic E-state index is 5.58. The lowest BCUT2D eigenvalue weighted by molar-refractivity contribution is 0.357. The van der Waals surface area contributed by atoms with E-state index in [0.717, 1.165) is 25.2 Å². The summed E-state index contributed by atoms with van der Waals surface area (Å²) in [6.45, 7) is 3.06. The average molecular weight is 281 g/mol. The molecule has 2 aromatic carbocycles. The highest BCUT2D eigenvalue weighted by atomic mass is 16.5. The van der Waals surface area contributed by atoms with Crippen LogP contribution in [0.3, 0.4) is 0 Å². The van der Waals surface area contributed by atoms with Gasteiger partial charge in [0.25, 0.3) is 0 Å². The van der Waals surface area contributed by atoms with E-state index in [9.17, 15) is 0 Å². The third kappa shape index (κ3) is 3.38. The van der Waals surface area contributed by atoms with Gasteiger partial charge in [-0.3, -0.25) is 0 Å². The number of rotatable bonds is 6. The van der Waals surface area contributed by atoms with E-state index in [2.05, 4.69) is 60.8 Å². The van der Waals surface area contributed by atoms with Crippen LogP contribution in [-0.2, 0) is 6.42 Å². The molecule has 0 aromatic heterocycles. The minimum atomic E-state index is 0.381. The van der Waals surface area contributed by atoms with Crippen LogP contribution in [0, 0.1) is 0 Å². The van der Waals surface area contributed by atoms with E-state index >= 15 is 0 Å². The number of ether oxygens (including phenoxy) is 1. The zero-order valence-corrected chi connectivity index (χ0v) is 12.6. The molecule has 0 radical (unpaired) electrons. The van der Waals surface area contributed by atoms with E-state index in [1.165, 1.54) is 29.7 Å². The summed E-state index contributed by atoms with van der Waals surface area (Å²) >= 11 is 0. The second kappa shape index (κ2) is 6.66. The molecule has 110 valence electrons. The van der Waals surface area contributed by atoms with Gasteiger partial charge in [-0.2, -0.15) is 0 Å². The molecule has 1 atom stereocenters. The molecule has 2 heteroatoms. The maximum absolute atomic E-state index is 5.58. The van der Waals surface area contributed by atoms with Gasteiger partial charge < -0.3 is 10.1 Å². The molecule has 21 heavy (non-hydrogen) atoms. The number of anilines is 1. The first-order valence-corrected chi connectivity index (χ1v) is 7.94. The van der Waals surface area contributed by atoms with Gasteiger partial charge in [0.05, 0.1) is 12.6 Å². The molecule has 1 N–H and O–H groups in total. The first-order valence-electron chi connectivity index (χ1n) is 7.94. The molecule has 0 saturated carbocycles. The van der Waals surface area contributed by atoms with Gasteiger partial charge in [-0.1, -0.05) is 50.1 Å². The molecule has 0 bridgehead atoms. The predicted octanol–water partition coefficient (Wildman–Crippen LogP) is 4.96. The van der Waals surface area contributed by atoms with Gasteiger partial charge in [0.2, 0.25) is 0 Å². The smallest absolute Gasteiger partial charge is 0.122 e. The first-order chi connectivity index (χ1) is 10.4. The van der Waals surface area contributed by atoms with E-state index in [4.69, 9.17) is 4.74 Å². The molecule has 1 unspecified atom stereocenters. The molecule has 0 amide bonds. The summed E-state index contributed by atoms with van der Waals surface area (Å²) < 4.78 is 5.58. The van der Waals surface area contributed by atoms with E-state index in [1.54, 1.807) is 0 Å². The molecular formula is C19H23NO. The van der Waals surface area contributed by atoms with Crippen LogP contribution in [0.2, 0.25) is 0 Å². The predicted molar refractivity (Wildman–Crippen MR) is 88.0 cm³/mol. The zero-order chi connectivity index (χ0) is 14.5. The van der Waals surface area contributed by atoms with Gasteiger partial charge in [0.1, 0.15) is 5.75 Å². The molecule has 2 nitrogen and oxygen atoms in total. The fraction of sp³-hybridized carbons (Fsp3) is 0.368. The second-order valence-corrected chi connectivity index (χ2v) is 5.67. The monoisotopic (exact) mass is 281 g/mol. The lowest BCUT2D eigenvalue weighted by Crippen LogP contribution is -2.10. The number of benzene rings is 2. The molecular weight excluding hydrogens is 258 g/mol. The molecule has 2 aromatic rings. The van der Waals surface area contributed by atoms with Crippen LogP contribution in [0.4, 0.5) is 5.69 Å². The van der Waals surface area contributed by atoms with Gasteiger partial charge in [-0.05, 0) is 35.7 Å². The van der Waals surface area contributed by atoms with Crippen LogP contribution < -0.4 is 10.1 Å². The Labute approximate surface area is 127 Å². The molecule has 0 fully saturated rings. The van der Waals surface area contributed by atoms with Crippen LogP contribution >= 0.6 is 0 Å². The first kappa shape index (κ1) is 14.0. The number of hydrogen-bond donors (Lipinski definition) is 1. The van der Waals surface area contributed by atoms with Gasteiger partial charge in [0.15, 0.2) is 0 Å². The van der Waals surface area contributed by atoms with Gasteiger partial charge in [0, 0.05) is 12.1 Å². The number of hydrogen-bond acceptors (Lipinski definition) is 2. The summed E-state index contributed by atoms with van der Waals surface area (Å²) in [5.74, 6) is 1.05. The minimum Gasteiger partial charge on any atom is -0.493 e. The van der Waals surface area contributed by atoms with Crippen molar-refractivity contribution in [3.8, 4) is 5.75 Å². The zero-order valence-electron chi connectivity index (χ0n) is 12.6. The highest BCUT2D eigenvalue weighted by molar-refractivity contribution is 5.53. The fourth-order valence-electron chi connectivity index (χ4n) is 2.89. The van der Waals surface area contributed by atoms with Crippen molar-refractivity contribution in [3.05, 3.63) is 59.7 Å². The topological polar surface area (TPSA) is 21.3 Å². The Hall–Kier alpha value is -1.96. The Morgan fingerprint density at radius 1 is 1.14 bits per heavy atom. The van der Waals surface area contributed by atoms with Gasteiger partial charge in [-0.25, -0.2) is 0 Å². The van der Waals surface area contributed by atoms with Crippen molar-refractivity contribution in [1.29, 1.82) is 0 Å². The van der Waals surface area contributed by atoms with E-state index in [1.807, 2.05) is 0 Å². The maximum Gasteiger partial charge on any atom is 0.122 e. The Balaban J connectivity index is 1.77. The summed E-state index contributed by atoms with van der Waals surface area (Å²) in [7, 11) is 0. The van der Waals surface area contributed by atoms with E-state index in [-0.39, 0.29) is 0 Å². The van der Waals surface area contributed by atoms with Crippen molar-refractivity contribution in [2.45, 2.75) is 38.6 Å². The molecule has 1 aliphatic rings. The van der Waals surface area contributed by atoms with Crippen molar-refractivity contribution >= 4 is 5.69 Å². The molecule has 0 spiro atoms. The SMILES string of the molecule is CCCCC(Nc1ccc2c(c1)CCO2)c1ccccc1. The number of fused-ring (bicyclic) bond motifs is 1. The van der Waals surface area contributed by atoms with Crippen LogP contribution in [0.5, 0.6) is 5.75 Å². The normalized spacial score (nSPS) is 14.3. The lowest BCUT2D eigenvalue weighted by Gasteiger charge is -2.20. The number of unbranched alkanes of at least 4 members (excludes halogenated alkanes) is 1. The Kier molecular flexibility index (Phi) is 4.44. The summed E-state index contributed by atoms with van der Waals surface area (Å²) in [6.07, 6.45) is 4.65. The van der Waals surface area contributed by atoms with Crippen molar-refractivity contribution in [2.24, 2.45) is 0 Å². The van der Waals surface area contributed by atoms with E-state index in [0.29, 0.717) is 6.04 Å². The third-order valence-corrected chi connectivity index (χ3v) is 4.08.